The average molecular weight is 283 g/mol. The van der Waals surface area contributed by atoms with Crippen LogP contribution in [0.3, 0.4) is 0 Å². The lowest BCUT2D eigenvalue weighted by atomic mass is 10.0. The Morgan fingerprint density at radius 1 is 1.26 bits per heavy atom. The smallest absolute Gasteiger partial charge is 0.375 e. The van der Waals surface area contributed by atoms with E-state index in [2.05, 4.69) is 4.74 Å². The molecule has 1 atom stereocenters. The van der Waals surface area contributed by atoms with Gasteiger partial charge in [-0.3, -0.25) is 0 Å². The number of ether oxygens (including phenoxy) is 3. The predicted octanol–water partition coefficient (Wildman–Crippen LogP) is 2.01. The standard InChI is InChI=1S/C13H11ClO5/c1-17-11-9(12(15)18-2)10(19-13(11)16)7-3-5-8(14)6-4-7/h3-6,10H,1-2H3. The minimum atomic E-state index is -0.841. The van der Waals surface area contributed by atoms with E-state index in [0.717, 1.165) is 0 Å². The molecular formula is C13H11ClO5. The summed E-state index contributed by atoms with van der Waals surface area (Å²) in [5, 5.41) is 0.545. The van der Waals surface area contributed by atoms with E-state index in [1.54, 1.807) is 24.3 Å². The minimum absolute atomic E-state index is 0.0531. The van der Waals surface area contributed by atoms with Crippen LogP contribution in [0.5, 0.6) is 0 Å². The maximum atomic E-state index is 11.8. The molecule has 5 nitrogen and oxygen atoms in total. The third-order valence-corrected chi connectivity index (χ3v) is 2.95. The first-order valence-corrected chi connectivity index (χ1v) is 5.79. The molecule has 1 aliphatic rings. The van der Waals surface area contributed by atoms with Gasteiger partial charge in [0.25, 0.3) is 0 Å². The van der Waals surface area contributed by atoms with Gasteiger partial charge in [-0.05, 0) is 17.7 Å². The fourth-order valence-electron chi connectivity index (χ4n) is 1.82. The lowest BCUT2D eigenvalue weighted by Gasteiger charge is -2.12. The number of esters is 2. The first kappa shape index (κ1) is 13.4. The van der Waals surface area contributed by atoms with Gasteiger partial charge >= 0.3 is 11.9 Å². The summed E-state index contributed by atoms with van der Waals surface area (Å²) in [5.41, 5.74) is 0.669. The number of halogens is 1. The van der Waals surface area contributed by atoms with Gasteiger partial charge < -0.3 is 14.2 Å². The Kier molecular flexibility index (Phi) is 3.76. The van der Waals surface area contributed by atoms with Crippen LogP contribution in [0.4, 0.5) is 0 Å². The lowest BCUT2D eigenvalue weighted by Crippen LogP contribution is -2.12. The van der Waals surface area contributed by atoms with Crippen molar-refractivity contribution in [2.45, 2.75) is 6.10 Å². The summed E-state index contributed by atoms with van der Waals surface area (Å²) in [5.74, 6) is -1.49. The molecule has 0 saturated carbocycles. The summed E-state index contributed by atoms with van der Waals surface area (Å²) < 4.78 is 14.7. The van der Waals surface area contributed by atoms with E-state index in [1.807, 2.05) is 0 Å². The normalized spacial score (nSPS) is 18.3. The van der Waals surface area contributed by atoms with Crippen molar-refractivity contribution in [1.82, 2.24) is 0 Å². The molecule has 1 unspecified atom stereocenters. The van der Waals surface area contributed by atoms with Crippen molar-refractivity contribution < 1.29 is 23.8 Å². The third-order valence-electron chi connectivity index (χ3n) is 2.70. The van der Waals surface area contributed by atoms with Gasteiger partial charge in [0.05, 0.1) is 14.2 Å². The summed E-state index contributed by atoms with van der Waals surface area (Å²) in [6, 6.07) is 6.62. The molecule has 0 amide bonds. The Bertz CT molecular complexity index is 547. The Hall–Kier alpha value is -2.01. The Labute approximate surface area is 114 Å². The highest BCUT2D eigenvalue weighted by molar-refractivity contribution is 6.30. The number of hydrogen-bond donors (Lipinski definition) is 0. The summed E-state index contributed by atoms with van der Waals surface area (Å²) in [7, 11) is 2.52. The molecule has 19 heavy (non-hydrogen) atoms. The van der Waals surface area contributed by atoms with Crippen LogP contribution < -0.4 is 0 Å². The van der Waals surface area contributed by atoms with Crippen molar-refractivity contribution in [3.8, 4) is 0 Å². The van der Waals surface area contributed by atoms with Crippen LogP contribution in [0, 0.1) is 0 Å². The third kappa shape index (κ3) is 2.42. The van der Waals surface area contributed by atoms with E-state index in [-0.39, 0.29) is 11.3 Å². The fourth-order valence-corrected chi connectivity index (χ4v) is 1.95. The van der Waals surface area contributed by atoms with Crippen LogP contribution in [0.15, 0.2) is 35.6 Å². The monoisotopic (exact) mass is 282 g/mol. The molecule has 0 bridgehead atoms. The van der Waals surface area contributed by atoms with Gasteiger partial charge in [0.15, 0.2) is 6.10 Å². The van der Waals surface area contributed by atoms with Gasteiger partial charge in [0, 0.05) is 5.02 Å². The minimum Gasteiger partial charge on any atom is -0.489 e. The molecule has 0 N–H and O–H groups in total. The van der Waals surface area contributed by atoms with Gasteiger partial charge in [-0.15, -0.1) is 0 Å². The second kappa shape index (κ2) is 5.32. The molecule has 0 fully saturated rings. The van der Waals surface area contributed by atoms with Gasteiger partial charge in [-0.25, -0.2) is 9.59 Å². The van der Waals surface area contributed by atoms with E-state index in [0.29, 0.717) is 10.6 Å². The van der Waals surface area contributed by atoms with E-state index >= 15 is 0 Å². The highest BCUT2D eigenvalue weighted by atomic mass is 35.5. The molecule has 0 radical (unpaired) electrons. The van der Waals surface area contributed by atoms with Gasteiger partial charge in [0.1, 0.15) is 5.57 Å². The Morgan fingerprint density at radius 2 is 1.89 bits per heavy atom. The summed E-state index contributed by atoms with van der Waals surface area (Å²) in [4.78, 5) is 23.4. The fraction of sp³-hybridized carbons (Fsp3) is 0.231. The molecule has 1 aromatic carbocycles. The van der Waals surface area contributed by atoms with Crippen molar-refractivity contribution in [3.05, 3.63) is 46.2 Å². The molecule has 0 spiro atoms. The molecule has 1 aromatic rings. The molecule has 6 heteroatoms. The first-order valence-electron chi connectivity index (χ1n) is 5.41. The van der Waals surface area contributed by atoms with Crippen LogP contribution >= 0.6 is 11.6 Å². The molecule has 1 heterocycles. The maximum Gasteiger partial charge on any atom is 0.375 e. The zero-order valence-electron chi connectivity index (χ0n) is 10.3. The molecule has 0 aliphatic carbocycles. The SMILES string of the molecule is COC(=O)C1=C(OC)C(=O)OC1c1ccc(Cl)cc1. The highest BCUT2D eigenvalue weighted by Crippen LogP contribution is 2.36. The van der Waals surface area contributed by atoms with Crippen molar-refractivity contribution in [1.29, 1.82) is 0 Å². The largest absolute Gasteiger partial charge is 0.489 e. The zero-order chi connectivity index (χ0) is 14.0. The van der Waals surface area contributed by atoms with Crippen molar-refractivity contribution in [2.24, 2.45) is 0 Å². The van der Waals surface area contributed by atoms with Crippen LogP contribution in [-0.4, -0.2) is 26.2 Å². The number of carbonyl (C=O) groups is 2. The molecule has 100 valence electrons. The summed E-state index contributed by atoms with van der Waals surface area (Å²) in [6.07, 6.45) is -0.841. The van der Waals surface area contributed by atoms with Gasteiger partial charge in [-0.2, -0.15) is 0 Å². The summed E-state index contributed by atoms with van der Waals surface area (Å²) in [6.45, 7) is 0. The van der Waals surface area contributed by atoms with Crippen LogP contribution in [0.2, 0.25) is 5.02 Å². The van der Waals surface area contributed by atoms with Crippen molar-refractivity contribution in [3.63, 3.8) is 0 Å². The number of carbonyl (C=O) groups excluding carboxylic acids is 2. The summed E-state index contributed by atoms with van der Waals surface area (Å²) >= 11 is 5.79. The number of benzene rings is 1. The highest BCUT2D eigenvalue weighted by Gasteiger charge is 2.41. The van der Waals surface area contributed by atoms with E-state index in [1.165, 1.54) is 14.2 Å². The Morgan fingerprint density at radius 3 is 2.42 bits per heavy atom. The van der Waals surface area contributed by atoms with E-state index in [4.69, 9.17) is 21.1 Å². The first-order chi connectivity index (χ1) is 9.08. The van der Waals surface area contributed by atoms with E-state index in [9.17, 15) is 9.59 Å². The quantitative estimate of drug-likeness (QED) is 0.794. The molecule has 0 saturated heterocycles. The predicted molar refractivity (Wildman–Crippen MR) is 66.3 cm³/mol. The average Bonchev–Trinajstić information content (AvgIpc) is 2.75. The topological polar surface area (TPSA) is 61.8 Å². The second-order valence-corrected chi connectivity index (χ2v) is 4.21. The van der Waals surface area contributed by atoms with Gasteiger partial charge in [0.2, 0.25) is 5.76 Å². The number of hydrogen-bond acceptors (Lipinski definition) is 5. The number of methoxy groups -OCH3 is 2. The number of cyclic esters (lactones) is 1. The van der Waals surface area contributed by atoms with Crippen molar-refractivity contribution >= 4 is 23.5 Å². The molecule has 1 aliphatic heterocycles. The van der Waals surface area contributed by atoms with Crippen molar-refractivity contribution in [2.75, 3.05) is 14.2 Å². The van der Waals surface area contributed by atoms with Crippen LogP contribution in [0.25, 0.3) is 0 Å². The maximum absolute atomic E-state index is 11.8. The lowest BCUT2D eigenvalue weighted by molar-refractivity contribution is -0.143. The Balaban J connectivity index is 2.46. The molecular weight excluding hydrogens is 272 g/mol. The van der Waals surface area contributed by atoms with Crippen LogP contribution in [-0.2, 0) is 23.8 Å². The molecule has 2 rings (SSSR count). The van der Waals surface area contributed by atoms with E-state index < -0.39 is 18.0 Å². The second-order valence-electron chi connectivity index (χ2n) is 3.78. The van der Waals surface area contributed by atoms with Crippen LogP contribution in [0.1, 0.15) is 11.7 Å². The zero-order valence-corrected chi connectivity index (χ0v) is 11.1. The van der Waals surface area contributed by atoms with Gasteiger partial charge in [-0.1, -0.05) is 23.7 Å². The number of rotatable bonds is 3. The molecule has 0 aromatic heterocycles.